The first kappa shape index (κ1) is 16.4. The maximum absolute atomic E-state index is 13.0. The van der Waals surface area contributed by atoms with Crippen molar-refractivity contribution in [2.75, 3.05) is 13.7 Å². The zero-order chi connectivity index (χ0) is 19.1. The molecule has 4 aliphatic heterocycles. The Morgan fingerprint density at radius 2 is 1.81 bits per heavy atom. The van der Waals surface area contributed by atoms with Crippen molar-refractivity contribution in [2.24, 2.45) is 0 Å². The van der Waals surface area contributed by atoms with Gasteiger partial charge in [-0.05, 0) is 19.1 Å². The number of benzene rings is 1. The summed E-state index contributed by atoms with van der Waals surface area (Å²) in [5.74, 6) is -3.51. The number of nitrogens with zero attached hydrogens (tertiary/aromatic N) is 2. The fraction of sp³-hybridized carbons (Fsp3) is 0.444. The number of fused-ring (bicyclic) bond motifs is 5. The van der Waals surface area contributed by atoms with Crippen molar-refractivity contribution in [1.29, 1.82) is 0 Å². The number of ether oxygens (including phenoxy) is 3. The van der Waals surface area contributed by atoms with Crippen molar-refractivity contribution in [3.8, 4) is 0 Å². The van der Waals surface area contributed by atoms with Gasteiger partial charge in [-0.3, -0.25) is 19.3 Å². The van der Waals surface area contributed by atoms with Crippen LogP contribution in [0.2, 0.25) is 0 Å². The smallest absolute Gasteiger partial charge is 0.334 e. The number of β-lactam (4-membered cyclic amide) rings is 1. The summed E-state index contributed by atoms with van der Waals surface area (Å²) in [5.41, 5.74) is 0.532. The summed E-state index contributed by atoms with van der Waals surface area (Å²) < 4.78 is 16.3. The van der Waals surface area contributed by atoms with Crippen LogP contribution >= 0.6 is 0 Å². The number of esters is 1. The highest BCUT2D eigenvalue weighted by atomic mass is 16.8. The fourth-order valence-electron chi connectivity index (χ4n) is 4.54. The summed E-state index contributed by atoms with van der Waals surface area (Å²) in [7, 11) is 1.22. The van der Waals surface area contributed by atoms with Gasteiger partial charge < -0.3 is 19.1 Å². The maximum Gasteiger partial charge on any atom is 0.334 e. The standard InChI is InChI=1S/C18H16N2O7/c1-18-13(17(24)25-2)19-11(10(27-18)7-26-18)12(16(19)23)20-14(21)8-5-3-4-6-9(8)15(20)22/h3-6,10-13H,7H2,1-2H3/t10-,11+,12-,13-,18-/m0/s1. The minimum Gasteiger partial charge on any atom is -0.467 e. The van der Waals surface area contributed by atoms with E-state index in [1.165, 1.54) is 12.0 Å². The number of rotatable bonds is 2. The third-order valence-corrected chi connectivity index (χ3v) is 5.76. The zero-order valence-electron chi connectivity index (χ0n) is 14.6. The highest BCUT2D eigenvalue weighted by Crippen LogP contribution is 2.47. The molecule has 4 heterocycles. The molecule has 9 heteroatoms. The molecule has 2 bridgehead atoms. The molecule has 3 fully saturated rings. The zero-order valence-corrected chi connectivity index (χ0v) is 14.6. The second kappa shape index (κ2) is 5.14. The summed E-state index contributed by atoms with van der Waals surface area (Å²) in [4.78, 5) is 53.1. The van der Waals surface area contributed by atoms with E-state index >= 15 is 0 Å². The van der Waals surface area contributed by atoms with Gasteiger partial charge in [0.1, 0.15) is 12.1 Å². The van der Waals surface area contributed by atoms with E-state index in [0.717, 1.165) is 4.90 Å². The molecule has 0 aromatic heterocycles. The third kappa shape index (κ3) is 1.85. The largest absolute Gasteiger partial charge is 0.467 e. The van der Waals surface area contributed by atoms with Crippen molar-refractivity contribution < 1.29 is 33.4 Å². The van der Waals surface area contributed by atoms with Crippen molar-refractivity contribution in [2.45, 2.75) is 36.9 Å². The minimum atomic E-state index is -1.31. The van der Waals surface area contributed by atoms with Gasteiger partial charge in [0.2, 0.25) is 5.91 Å². The molecule has 0 spiro atoms. The average Bonchev–Trinajstić information content (AvgIpc) is 3.13. The van der Waals surface area contributed by atoms with Gasteiger partial charge in [0.25, 0.3) is 11.8 Å². The molecule has 140 valence electrons. The lowest BCUT2D eigenvalue weighted by molar-refractivity contribution is -0.260. The Balaban J connectivity index is 1.53. The highest BCUT2D eigenvalue weighted by Gasteiger charge is 2.71. The summed E-state index contributed by atoms with van der Waals surface area (Å²) >= 11 is 0. The quantitative estimate of drug-likeness (QED) is 0.394. The normalized spacial score (nSPS) is 36.4. The van der Waals surface area contributed by atoms with Gasteiger partial charge in [-0.15, -0.1) is 0 Å². The van der Waals surface area contributed by atoms with Crippen LogP contribution in [0.4, 0.5) is 0 Å². The molecule has 0 saturated carbocycles. The molecule has 1 aromatic rings. The number of hydrogen-bond acceptors (Lipinski definition) is 7. The van der Waals surface area contributed by atoms with E-state index < -0.39 is 53.7 Å². The van der Waals surface area contributed by atoms with Crippen LogP contribution in [0.15, 0.2) is 24.3 Å². The third-order valence-electron chi connectivity index (χ3n) is 5.76. The summed E-state index contributed by atoms with van der Waals surface area (Å²) in [6.07, 6.45) is -0.539. The number of carbonyl (C=O) groups excluding carboxylic acids is 4. The number of carbonyl (C=O) groups is 4. The predicted octanol–water partition coefficient (Wildman–Crippen LogP) is -0.451. The van der Waals surface area contributed by atoms with Crippen LogP contribution in [-0.2, 0) is 23.8 Å². The Bertz CT molecular complexity index is 880. The molecule has 0 unspecified atom stereocenters. The Morgan fingerprint density at radius 3 is 2.41 bits per heavy atom. The second-order valence-electron chi connectivity index (χ2n) is 7.12. The topological polar surface area (TPSA) is 102 Å². The van der Waals surface area contributed by atoms with Crippen LogP contribution in [0.3, 0.4) is 0 Å². The van der Waals surface area contributed by atoms with E-state index in [0.29, 0.717) is 0 Å². The highest BCUT2D eigenvalue weighted by molar-refractivity contribution is 6.23. The van der Waals surface area contributed by atoms with Crippen LogP contribution in [-0.4, -0.2) is 77.2 Å². The Labute approximate surface area is 153 Å². The van der Waals surface area contributed by atoms with Gasteiger partial charge in [0.05, 0.1) is 30.9 Å². The number of morpholine rings is 1. The molecular weight excluding hydrogens is 356 g/mol. The van der Waals surface area contributed by atoms with Crippen molar-refractivity contribution in [1.82, 2.24) is 9.80 Å². The lowest BCUT2D eigenvalue weighted by Gasteiger charge is -2.57. The SMILES string of the molecule is COC(=O)[C@@H]1N2C(=O)[C@@H](N3C(=O)c4ccccc4C3=O)[C@H]2[C@@H]2CO[C@@]1(C)O2. The van der Waals surface area contributed by atoms with E-state index in [1.807, 2.05) is 0 Å². The predicted molar refractivity (Wildman–Crippen MR) is 86.4 cm³/mol. The monoisotopic (exact) mass is 372 g/mol. The van der Waals surface area contributed by atoms with Gasteiger partial charge in [-0.25, -0.2) is 4.79 Å². The summed E-state index contributed by atoms with van der Waals surface area (Å²) in [6, 6.07) is 3.66. The molecule has 0 radical (unpaired) electrons. The minimum absolute atomic E-state index is 0.151. The number of hydrogen-bond donors (Lipinski definition) is 0. The maximum atomic E-state index is 13.0. The van der Waals surface area contributed by atoms with E-state index in [2.05, 4.69) is 0 Å². The van der Waals surface area contributed by atoms with Crippen LogP contribution in [0, 0.1) is 0 Å². The van der Waals surface area contributed by atoms with E-state index in [9.17, 15) is 19.2 Å². The second-order valence-corrected chi connectivity index (χ2v) is 7.12. The summed E-state index contributed by atoms with van der Waals surface area (Å²) in [6.45, 7) is 1.73. The van der Waals surface area contributed by atoms with Gasteiger partial charge in [-0.2, -0.15) is 0 Å². The summed E-state index contributed by atoms with van der Waals surface area (Å²) in [5, 5.41) is 0. The Morgan fingerprint density at radius 1 is 1.19 bits per heavy atom. The first-order valence-corrected chi connectivity index (χ1v) is 8.58. The average molecular weight is 372 g/mol. The number of amides is 3. The molecule has 0 N–H and O–H groups in total. The molecule has 0 aliphatic carbocycles. The first-order valence-electron chi connectivity index (χ1n) is 8.58. The molecule has 4 aliphatic rings. The van der Waals surface area contributed by atoms with Gasteiger partial charge in [0.15, 0.2) is 11.8 Å². The molecule has 5 rings (SSSR count). The molecule has 3 amide bonds. The Kier molecular flexibility index (Phi) is 3.12. The molecule has 9 nitrogen and oxygen atoms in total. The van der Waals surface area contributed by atoms with Gasteiger partial charge in [-0.1, -0.05) is 12.1 Å². The van der Waals surface area contributed by atoms with Gasteiger partial charge >= 0.3 is 5.97 Å². The Hall–Kier alpha value is -2.78. The first-order chi connectivity index (χ1) is 12.9. The molecule has 3 saturated heterocycles. The van der Waals surface area contributed by atoms with Crippen LogP contribution in [0.5, 0.6) is 0 Å². The lowest BCUT2D eigenvalue weighted by atomic mass is 9.83. The van der Waals surface area contributed by atoms with Crippen molar-refractivity contribution in [3.05, 3.63) is 35.4 Å². The number of methoxy groups -OCH3 is 1. The molecular formula is C18H16N2O7. The van der Waals surface area contributed by atoms with Gasteiger partial charge in [0, 0.05) is 0 Å². The molecule has 5 atom stereocenters. The van der Waals surface area contributed by atoms with E-state index in [-0.39, 0.29) is 17.7 Å². The van der Waals surface area contributed by atoms with Crippen LogP contribution < -0.4 is 0 Å². The lowest BCUT2D eigenvalue weighted by Crippen LogP contribution is -2.82. The van der Waals surface area contributed by atoms with Crippen molar-refractivity contribution in [3.63, 3.8) is 0 Å². The fourth-order valence-corrected chi connectivity index (χ4v) is 4.54. The van der Waals surface area contributed by atoms with Crippen LogP contribution in [0.1, 0.15) is 27.6 Å². The molecule has 1 aromatic carbocycles. The van der Waals surface area contributed by atoms with Crippen LogP contribution in [0.25, 0.3) is 0 Å². The van der Waals surface area contributed by atoms with E-state index in [4.69, 9.17) is 14.2 Å². The van der Waals surface area contributed by atoms with E-state index in [1.54, 1.807) is 31.2 Å². The number of imide groups is 1. The molecule has 27 heavy (non-hydrogen) atoms. The van der Waals surface area contributed by atoms with Crippen molar-refractivity contribution >= 4 is 23.7 Å².